The maximum Gasteiger partial charge on any atom is 0.149 e. The van der Waals surface area contributed by atoms with Crippen LogP contribution in [0.15, 0.2) is 109 Å². The van der Waals surface area contributed by atoms with Crippen molar-refractivity contribution in [1.82, 2.24) is 11.0 Å². The smallest absolute Gasteiger partial charge is 0.149 e. The molecule has 0 heterocycles. The Balaban J connectivity index is 1.52. The monoisotopic (exact) mass is 504 g/mol. The molecule has 0 fully saturated rings. The van der Waals surface area contributed by atoms with Crippen LogP contribution in [0.2, 0.25) is 0 Å². The molecule has 0 bridgehead atoms. The van der Waals surface area contributed by atoms with E-state index in [2.05, 4.69) is 24.3 Å². The van der Waals surface area contributed by atoms with Crippen molar-refractivity contribution in [3.8, 4) is 34.1 Å². The van der Waals surface area contributed by atoms with Crippen LogP contribution in [0.3, 0.4) is 0 Å². The molecule has 8 nitrogen and oxygen atoms in total. The highest BCUT2D eigenvalue weighted by molar-refractivity contribution is 5.97. The summed E-state index contributed by atoms with van der Waals surface area (Å²) in [5.74, 6) is 2.00. The highest BCUT2D eigenvalue weighted by atomic mass is 16.5. The second kappa shape index (κ2) is 10.8. The van der Waals surface area contributed by atoms with E-state index >= 15 is 0 Å². The number of hydrogen-bond acceptors (Lipinski definition) is 6. The fourth-order valence-electron chi connectivity index (χ4n) is 4.10. The molecule has 0 saturated carbocycles. The molecule has 0 aliphatic heterocycles. The molecule has 0 atom stereocenters. The Hall–Kier alpha value is -5.18. The van der Waals surface area contributed by atoms with Gasteiger partial charge in [0.15, 0.2) is 0 Å². The fourth-order valence-corrected chi connectivity index (χ4v) is 4.10. The predicted molar refractivity (Wildman–Crippen MR) is 146 cm³/mol. The van der Waals surface area contributed by atoms with Crippen LogP contribution in [0.4, 0.5) is 0 Å². The van der Waals surface area contributed by atoms with Crippen LogP contribution in [0.5, 0.6) is 23.0 Å². The Kier molecular flexibility index (Phi) is 6.99. The third kappa shape index (κ3) is 5.31. The van der Waals surface area contributed by atoms with Crippen molar-refractivity contribution in [1.29, 1.82) is 10.8 Å². The summed E-state index contributed by atoms with van der Waals surface area (Å²) in [6.07, 6.45) is 0. The van der Waals surface area contributed by atoms with Crippen LogP contribution < -0.4 is 20.4 Å². The quantitative estimate of drug-likeness (QED) is 0.0831. The number of hydrogen-bond donors (Lipinski definition) is 6. The third-order valence-electron chi connectivity index (χ3n) is 5.96. The lowest BCUT2D eigenvalue weighted by atomic mass is 9.98. The van der Waals surface area contributed by atoms with Crippen molar-refractivity contribution in [2.45, 2.75) is 0 Å². The van der Waals surface area contributed by atoms with Gasteiger partial charge in [0, 0.05) is 17.2 Å². The van der Waals surface area contributed by atoms with Crippen LogP contribution in [0.1, 0.15) is 11.1 Å². The first-order chi connectivity index (χ1) is 18.5. The predicted octanol–water partition coefficient (Wildman–Crippen LogP) is 6.70. The summed E-state index contributed by atoms with van der Waals surface area (Å²) in [5, 5.41) is 35.5. The molecule has 0 amide bonds. The van der Waals surface area contributed by atoms with Crippen molar-refractivity contribution < 1.29 is 19.9 Å². The average Bonchev–Trinajstić information content (AvgIpc) is 2.96. The first kappa shape index (κ1) is 24.5. The number of fused-ring (bicyclic) bond motifs is 1. The number of ether oxygens (including phenoxy) is 2. The zero-order chi connectivity index (χ0) is 26.5. The molecule has 38 heavy (non-hydrogen) atoms. The van der Waals surface area contributed by atoms with Gasteiger partial charge in [0.25, 0.3) is 0 Å². The van der Waals surface area contributed by atoms with Crippen LogP contribution >= 0.6 is 0 Å². The van der Waals surface area contributed by atoms with E-state index < -0.39 is 0 Å². The molecule has 5 rings (SSSR count). The Labute approximate surface area is 218 Å². The molecule has 8 heteroatoms. The molecule has 0 spiro atoms. The van der Waals surface area contributed by atoms with Crippen molar-refractivity contribution >= 4 is 22.4 Å². The van der Waals surface area contributed by atoms with Gasteiger partial charge < -0.3 is 9.47 Å². The molecule has 0 saturated heterocycles. The topological polar surface area (TPSA) is 131 Å². The van der Waals surface area contributed by atoms with Crippen LogP contribution in [-0.2, 0) is 0 Å². The van der Waals surface area contributed by atoms with Gasteiger partial charge in [-0.3, -0.25) is 32.2 Å². The summed E-state index contributed by atoms with van der Waals surface area (Å²) < 4.78 is 12.3. The second-order valence-electron chi connectivity index (χ2n) is 8.45. The van der Waals surface area contributed by atoms with Gasteiger partial charge in [-0.1, -0.05) is 42.5 Å². The maximum absolute atomic E-state index is 8.97. The second-order valence-corrected chi connectivity index (χ2v) is 8.45. The van der Waals surface area contributed by atoms with Crippen molar-refractivity contribution in [2.75, 3.05) is 0 Å². The molecule has 5 aromatic rings. The van der Waals surface area contributed by atoms with Gasteiger partial charge in [-0.2, -0.15) is 0 Å². The van der Waals surface area contributed by atoms with Gasteiger partial charge in [0.05, 0.1) is 0 Å². The summed E-state index contributed by atoms with van der Waals surface area (Å²) >= 11 is 0. The number of hydroxylamine groups is 2. The highest BCUT2D eigenvalue weighted by Gasteiger charge is 2.11. The number of amidine groups is 2. The Bertz CT molecular complexity index is 1530. The number of benzene rings is 5. The lowest BCUT2D eigenvalue weighted by Gasteiger charge is -2.14. The van der Waals surface area contributed by atoms with E-state index in [0.717, 1.165) is 21.9 Å². The van der Waals surface area contributed by atoms with Crippen LogP contribution in [-0.4, -0.2) is 22.1 Å². The van der Waals surface area contributed by atoms with E-state index in [-0.39, 0.29) is 11.7 Å². The molecule has 0 aliphatic rings. The van der Waals surface area contributed by atoms with E-state index in [4.69, 9.17) is 30.7 Å². The van der Waals surface area contributed by atoms with Gasteiger partial charge >= 0.3 is 0 Å². The molecular weight excluding hydrogens is 480 g/mol. The Morgan fingerprint density at radius 1 is 0.553 bits per heavy atom. The maximum atomic E-state index is 8.97. The molecule has 6 N–H and O–H groups in total. The van der Waals surface area contributed by atoms with Gasteiger partial charge in [0.2, 0.25) is 0 Å². The van der Waals surface area contributed by atoms with E-state index in [9.17, 15) is 0 Å². The summed E-state index contributed by atoms with van der Waals surface area (Å²) in [7, 11) is 0. The Morgan fingerprint density at radius 2 is 1.05 bits per heavy atom. The minimum absolute atomic E-state index is 0.110. The highest BCUT2D eigenvalue weighted by Crippen LogP contribution is 2.37. The molecule has 5 aromatic carbocycles. The van der Waals surface area contributed by atoms with Crippen molar-refractivity contribution in [3.05, 3.63) is 120 Å². The molecule has 0 radical (unpaired) electrons. The van der Waals surface area contributed by atoms with E-state index in [1.165, 1.54) is 0 Å². The van der Waals surface area contributed by atoms with E-state index in [1.807, 2.05) is 41.3 Å². The molecule has 0 aromatic heterocycles. The minimum Gasteiger partial charge on any atom is -0.457 e. The van der Waals surface area contributed by atoms with Crippen LogP contribution in [0.25, 0.3) is 21.9 Å². The summed E-state index contributed by atoms with van der Waals surface area (Å²) in [6.45, 7) is 0. The summed E-state index contributed by atoms with van der Waals surface area (Å²) in [6, 6.07) is 33.5. The Morgan fingerprint density at radius 3 is 1.58 bits per heavy atom. The minimum atomic E-state index is -0.110. The summed E-state index contributed by atoms with van der Waals surface area (Å²) in [5.41, 5.74) is 6.62. The molecule has 188 valence electrons. The van der Waals surface area contributed by atoms with E-state index in [1.54, 1.807) is 54.6 Å². The largest absolute Gasteiger partial charge is 0.457 e. The standard InChI is InChI=1S/C30H24N4O4/c31-29(33-35)20-8-12-23(13-9-20)37-25-16-22(28-7-3-5-19-4-1-2-6-27(19)28)17-26(18-25)38-24-14-10-21(11-15-24)30(32)34-36/h1-18,35-36H,(H2,31,33)(H2,32,34). The molecule has 0 unspecified atom stereocenters. The average molecular weight is 505 g/mol. The molecule has 0 aliphatic carbocycles. The van der Waals surface area contributed by atoms with Crippen molar-refractivity contribution in [2.24, 2.45) is 0 Å². The van der Waals surface area contributed by atoms with Gasteiger partial charge in [-0.05, 0) is 82.6 Å². The van der Waals surface area contributed by atoms with E-state index in [0.29, 0.717) is 34.1 Å². The van der Waals surface area contributed by atoms with Gasteiger partial charge in [-0.25, -0.2) is 0 Å². The zero-order valence-electron chi connectivity index (χ0n) is 20.1. The summed E-state index contributed by atoms with van der Waals surface area (Å²) in [4.78, 5) is 0. The van der Waals surface area contributed by atoms with Crippen LogP contribution in [0, 0.1) is 10.8 Å². The fraction of sp³-hybridized carbons (Fsp3) is 0. The number of rotatable bonds is 7. The number of nitrogens with one attached hydrogen (secondary N) is 4. The van der Waals surface area contributed by atoms with Crippen molar-refractivity contribution in [3.63, 3.8) is 0 Å². The molecular formula is C30H24N4O4. The lowest BCUT2D eigenvalue weighted by Crippen LogP contribution is -2.18. The first-order valence-electron chi connectivity index (χ1n) is 11.7. The third-order valence-corrected chi connectivity index (χ3v) is 5.96. The first-order valence-corrected chi connectivity index (χ1v) is 11.7. The van der Waals surface area contributed by atoms with Gasteiger partial charge in [0.1, 0.15) is 34.7 Å². The lowest BCUT2D eigenvalue weighted by molar-refractivity contribution is 0.234. The zero-order valence-corrected chi connectivity index (χ0v) is 20.1. The van der Waals surface area contributed by atoms with Gasteiger partial charge in [-0.15, -0.1) is 0 Å². The SMILES string of the molecule is N=C(NO)c1ccc(Oc2cc(Oc3ccc(C(=N)NO)cc3)cc(-c3cccc4ccccc34)c2)cc1. The normalized spacial score (nSPS) is 10.6.